The van der Waals surface area contributed by atoms with E-state index in [0.717, 1.165) is 11.1 Å². The van der Waals surface area contributed by atoms with Gasteiger partial charge in [-0.3, -0.25) is 0 Å². The molecule has 2 aromatic rings. The number of nitrogens with one attached hydrogen (secondary N) is 1. The van der Waals surface area contributed by atoms with Crippen molar-refractivity contribution in [2.75, 3.05) is 13.7 Å². The first kappa shape index (κ1) is 19.3. The molecule has 8 heteroatoms. The van der Waals surface area contributed by atoms with Crippen molar-refractivity contribution >= 4 is 17.4 Å². The average Bonchev–Trinajstić information content (AvgIpc) is 3.05. The summed E-state index contributed by atoms with van der Waals surface area (Å²) in [5.74, 6) is 0. The number of hydrogen-bond acceptors (Lipinski definition) is 3. The first-order chi connectivity index (χ1) is 11.8. The quantitative estimate of drug-likeness (QED) is 0.793. The van der Waals surface area contributed by atoms with E-state index in [4.69, 9.17) is 0 Å². The molecule has 0 saturated heterocycles. The van der Waals surface area contributed by atoms with Crippen LogP contribution in [0.5, 0.6) is 0 Å². The SMILES string of the molecule is CN(Cc1ccsc1)C(=O)NCc1ccc(COCC(F)(F)F)cc1. The van der Waals surface area contributed by atoms with Crippen LogP contribution in [0.25, 0.3) is 0 Å². The van der Waals surface area contributed by atoms with E-state index in [1.54, 1.807) is 47.5 Å². The summed E-state index contributed by atoms with van der Waals surface area (Å²) in [5.41, 5.74) is 2.58. The van der Waals surface area contributed by atoms with Crippen molar-refractivity contribution in [3.05, 3.63) is 57.8 Å². The lowest BCUT2D eigenvalue weighted by molar-refractivity contribution is -0.176. The van der Waals surface area contributed by atoms with Crippen LogP contribution >= 0.6 is 11.3 Å². The normalized spacial score (nSPS) is 11.4. The summed E-state index contributed by atoms with van der Waals surface area (Å²) in [6, 6.07) is 8.66. The van der Waals surface area contributed by atoms with Gasteiger partial charge in [0.05, 0.1) is 6.61 Å². The van der Waals surface area contributed by atoms with Gasteiger partial charge in [-0.25, -0.2) is 4.79 Å². The number of halogens is 3. The van der Waals surface area contributed by atoms with E-state index in [-0.39, 0.29) is 12.6 Å². The lowest BCUT2D eigenvalue weighted by Gasteiger charge is -2.17. The van der Waals surface area contributed by atoms with Gasteiger partial charge >= 0.3 is 12.2 Å². The lowest BCUT2D eigenvalue weighted by Crippen LogP contribution is -2.36. The Morgan fingerprint density at radius 3 is 2.44 bits per heavy atom. The highest BCUT2D eigenvalue weighted by Gasteiger charge is 2.27. The predicted molar refractivity (Wildman–Crippen MR) is 90.2 cm³/mol. The predicted octanol–water partition coefficient (Wildman–Crippen LogP) is 4.17. The van der Waals surface area contributed by atoms with Gasteiger partial charge in [-0.1, -0.05) is 24.3 Å². The smallest absolute Gasteiger partial charge is 0.367 e. The molecule has 1 aromatic heterocycles. The molecule has 0 bridgehead atoms. The molecule has 0 aliphatic rings. The van der Waals surface area contributed by atoms with Crippen LogP contribution in [0.1, 0.15) is 16.7 Å². The third kappa shape index (κ3) is 7.15. The summed E-state index contributed by atoms with van der Waals surface area (Å²) in [5, 5.41) is 6.75. The first-order valence-electron chi connectivity index (χ1n) is 7.56. The fourth-order valence-electron chi connectivity index (χ4n) is 2.08. The van der Waals surface area contributed by atoms with Crippen LogP contribution in [0.3, 0.4) is 0 Å². The van der Waals surface area contributed by atoms with Crippen molar-refractivity contribution < 1.29 is 22.7 Å². The summed E-state index contributed by atoms with van der Waals surface area (Å²) in [6.45, 7) is -0.488. The van der Waals surface area contributed by atoms with Crippen LogP contribution in [-0.4, -0.2) is 30.8 Å². The van der Waals surface area contributed by atoms with E-state index in [1.165, 1.54) is 0 Å². The number of carbonyl (C=O) groups excluding carboxylic acids is 1. The zero-order valence-electron chi connectivity index (χ0n) is 13.7. The number of amides is 2. The summed E-state index contributed by atoms with van der Waals surface area (Å²) >= 11 is 1.58. The standard InChI is InChI=1S/C17H19F3N2O2S/c1-22(9-15-6-7-25-11-15)16(23)21-8-13-2-4-14(5-3-13)10-24-12-17(18,19)20/h2-7,11H,8-10,12H2,1H3,(H,21,23). The molecule has 0 radical (unpaired) electrons. The van der Waals surface area contributed by atoms with Gasteiger partial charge in [-0.05, 0) is 33.5 Å². The molecule has 2 rings (SSSR count). The lowest BCUT2D eigenvalue weighted by atomic mass is 10.1. The van der Waals surface area contributed by atoms with Crippen LogP contribution in [0.2, 0.25) is 0 Å². The maximum Gasteiger partial charge on any atom is 0.411 e. The Balaban J connectivity index is 1.74. The second-order valence-corrected chi connectivity index (χ2v) is 6.35. The van der Waals surface area contributed by atoms with Crippen LogP contribution in [0.15, 0.2) is 41.1 Å². The number of urea groups is 1. The zero-order valence-corrected chi connectivity index (χ0v) is 14.5. The van der Waals surface area contributed by atoms with E-state index >= 15 is 0 Å². The minimum atomic E-state index is -4.32. The zero-order chi connectivity index (χ0) is 18.3. The Morgan fingerprint density at radius 2 is 1.84 bits per heavy atom. The van der Waals surface area contributed by atoms with Gasteiger partial charge in [-0.2, -0.15) is 24.5 Å². The number of rotatable bonds is 7. The largest absolute Gasteiger partial charge is 0.411 e. The molecule has 0 aliphatic heterocycles. The van der Waals surface area contributed by atoms with E-state index in [1.807, 2.05) is 16.8 Å². The van der Waals surface area contributed by atoms with Crippen LogP contribution in [0, 0.1) is 0 Å². The Labute approximate surface area is 148 Å². The molecule has 0 unspecified atom stereocenters. The molecule has 2 amide bonds. The van der Waals surface area contributed by atoms with Crippen molar-refractivity contribution in [3.63, 3.8) is 0 Å². The van der Waals surface area contributed by atoms with Gasteiger partial charge in [0.2, 0.25) is 0 Å². The third-order valence-corrected chi connectivity index (χ3v) is 4.08. The van der Waals surface area contributed by atoms with Crippen LogP contribution < -0.4 is 5.32 Å². The molecule has 25 heavy (non-hydrogen) atoms. The van der Waals surface area contributed by atoms with Crippen molar-refractivity contribution in [2.24, 2.45) is 0 Å². The number of carbonyl (C=O) groups is 1. The fourth-order valence-corrected chi connectivity index (χ4v) is 2.74. The van der Waals surface area contributed by atoms with Gasteiger partial charge in [0.25, 0.3) is 0 Å². The molecule has 136 valence electrons. The summed E-state index contributed by atoms with van der Waals surface area (Å²) in [7, 11) is 1.72. The maximum atomic E-state index is 12.0. The van der Waals surface area contributed by atoms with E-state index in [2.05, 4.69) is 10.1 Å². The Hall–Kier alpha value is -2.06. The topological polar surface area (TPSA) is 41.6 Å². The number of thiophene rings is 1. The average molecular weight is 372 g/mol. The highest BCUT2D eigenvalue weighted by molar-refractivity contribution is 7.07. The van der Waals surface area contributed by atoms with Crippen molar-refractivity contribution in [1.82, 2.24) is 10.2 Å². The Bertz CT molecular complexity index is 658. The van der Waals surface area contributed by atoms with Gasteiger partial charge in [-0.15, -0.1) is 0 Å². The van der Waals surface area contributed by atoms with Gasteiger partial charge in [0.1, 0.15) is 6.61 Å². The minimum absolute atomic E-state index is 0.102. The molecule has 4 nitrogen and oxygen atoms in total. The summed E-state index contributed by atoms with van der Waals surface area (Å²) in [4.78, 5) is 13.6. The minimum Gasteiger partial charge on any atom is -0.367 e. The number of ether oxygens (including phenoxy) is 1. The number of nitrogens with zero attached hydrogens (tertiary/aromatic N) is 1. The van der Waals surface area contributed by atoms with Crippen molar-refractivity contribution in [1.29, 1.82) is 0 Å². The highest BCUT2D eigenvalue weighted by Crippen LogP contribution is 2.16. The highest BCUT2D eigenvalue weighted by atomic mass is 32.1. The van der Waals surface area contributed by atoms with E-state index in [0.29, 0.717) is 18.7 Å². The molecule has 1 aromatic carbocycles. The molecule has 0 spiro atoms. The van der Waals surface area contributed by atoms with E-state index in [9.17, 15) is 18.0 Å². The Kier molecular flexibility index (Phi) is 6.83. The number of alkyl halides is 3. The van der Waals surface area contributed by atoms with Crippen LogP contribution in [0.4, 0.5) is 18.0 Å². The van der Waals surface area contributed by atoms with Crippen LogP contribution in [-0.2, 0) is 24.4 Å². The summed E-state index contributed by atoms with van der Waals surface area (Å²) < 4.78 is 40.6. The molecule has 1 N–H and O–H groups in total. The monoisotopic (exact) mass is 372 g/mol. The fraction of sp³-hybridized carbons (Fsp3) is 0.353. The van der Waals surface area contributed by atoms with Gasteiger partial charge < -0.3 is 15.0 Å². The number of hydrogen-bond donors (Lipinski definition) is 1. The van der Waals surface area contributed by atoms with E-state index < -0.39 is 12.8 Å². The first-order valence-corrected chi connectivity index (χ1v) is 8.50. The molecular weight excluding hydrogens is 353 g/mol. The molecule has 0 atom stereocenters. The molecule has 0 aliphatic carbocycles. The van der Waals surface area contributed by atoms with Crippen molar-refractivity contribution in [3.8, 4) is 0 Å². The van der Waals surface area contributed by atoms with Gasteiger partial charge in [0, 0.05) is 20.1 Å². The molecule has 1 heterocycles. The maximum absolute atomic E-state index is 12.0. The van der Waals surface area contributed by atoms with Crippen molar-refractivity contribution in [2.45, 2.75) is 25.9 Å². The molecule has 0 fully saturated rings. The van der Waals surface area contributed by atoms with Gasteiger partial charge in [0.15, 0.2) is 0 Å². The Morgan fingerprint density at radius 1 is 1.16 bits per heavy atom. The third-order valence-electron chi connectivity index (χ3n) is 3.35. The molecule has 0 saturated carbocycles. The summed E-state index contributed by atoms with van der Waals surface area (Å²) in [6.07, 6.45) is -4.32. The second-order valence-electron chi connectivity index (χ2n) is 5.57. The second kappa shape index (κ2) is 8.87. The number of benzene rings is 1. The molecular formula is C17H19F3N2O2S.